The SMILES string of the molecule is CNC(C)c1cc(F)c(C)cc1Oc1ccccc1. The third-order valence-electron chi connectivity index (χ3n) is 3.16. The fraction of sp³-hybridized carbons (Fsp3) is 0.250. The molecular weight excluding hydrogens is 241 g/mol. The number of benzene rings is 2. The highest BCUT2D eigenvalue weighted by Gasteiger charge is 2.14. The van der Waals surface area contributed by atoms with Crippen LogP contribution in [-0.2, 0) is 0 Å². The van der Waals surface area contributed by atoms with Crippen LogP contribution in [0.1, 0.15) is 24.1 Å². The van der Waals surface area contributed by atoms with Crippen LogP contribution in [0.2, 0.25) is 0 Å². The molecule has 2 aromatic carbocycles. The maximum Gasteiger partial charge on any atom is 0.132 e. The van der Waals surface area contributed by atoms with Crippen molar-refractivity contribution in [3.05, 3.63) is 59.4 Å². The number of para-hydroxylation sites is 1. The van der Waals surface area contributed by atoms with Crippen LogP contribution in [0.5, 0.6) is 11.5 Å². The molecule has 0 saturated heterocycles. The van der Waals surface area contributed by atoms with Crippen LogP contribution < -0.4 is 10.1 Å². The van der Waals surface area contributed by atoms with E-state index in [1.807, 2.05) is 44.3 Å². The lowest BCUT2D eigenvalue weighted by molar-refractivity contribution is 0.462. The molecule has 3 heteroatoms. The normalized spacial score (nSPS) is 12.2. The maximum atomic E-state index is 13.7. The zero-order chi connectivity index (χ0) is 13.8. The molecule has 0 aliphatic rings. The number of hydrogen-bond donors (Lipinski definition) is 1. The Morgan fingerprint density at radius 2 is 1.84 bits per heavy atom. The molecule has 0 bridgehead atoms. The molecule has 0 aliphatic carbocycles. The van der Waals surface area contributed by atoms with Crippen LogP contribution in [-0.4, -0.2) is 7.05 Å². The van der Waals surface area contributed by atoms with Crippen molar-refractivity contribution in [3.8, 4) is 11.5 Å². The average molecular weight is 259 g/mol. The number of ether oxygens (including phenoxy) is 1. The molecule has 19 heavy (non-hydrogen) atoms. The molecule has 0 fully saturated rings. The average Bonchev–Trinajstić information content (AvgIpc) is 2.43. The van der Waals surface area contributed by atoms with E-state index in [9.17, 15) is 4.39 Å². The van der Waals surface area contributed by atoms with Gasteiger partial charge in [0.1, 0.15) is 17.3 Å². The first-order valence-corrected chi connectivity index (χ1v) is 6.32. The van der Waals surface area contributed by atoms with Gasteiger partial charge in [0.25, 0.3) is 0 Å². The summed E-state index contributed by atoms with van der Waals surface area (Å²) < 4.78 is 19.6. The fourth-order valence-electron chi connectivity index (χ4n) is 1.87. The molecule has 0 spiro atoms. The van der Waals surface area contributed by atoms with Crippen LogP contribution in [0, 0.1) is 12.7 Å². The smallest absolute Gasteiger partial charge is 0.132 e. The van der Waals surface area contributed by atoms with E-state index < -0.39 is 0 Å². The van der Waals surface area contributed by atoms with Gasteiger partial charge in [-0.2, -0.15) is 0 Å². The number of nitrogens with one attached hydrogen (secondary N) is 1. The lowest BCUT2D eigenvalue weighted by Gasteiger charge is -2.17. The Kier molecular flexibility index (Phi) is 4.17. The zero-order valence-corrected chi connectivity index (χ0v) is 11.4. The first-order chi connectivity index (χ1) is 9.11. The van der Waals surface area contributed by atoms with Crippen molar-refractivity contribution in [2.45, 2.75) is 19.9 Å². The first-order valence-electron chi connectivity index (χ1n) is 6.32. The monoisotopic (exact) mass is 259 g/mol. The van der Waals surface area contributed by atoms with Crippen molar-refractivity contribution in [3.63, 3.8) is 0 Å². The van der Waals surface area contributed by atoms with Gasteiger partial charge in [-0.3, -0.25) is 0 Å². The summed E-state index contributed by atoms with van der Waals surface area (Å²) in [5.41, 5.74) is 1.40. The third-order valence-corrected chi connectivity index (χ3v) is 3.16. The van der Waals surface area contributed by atoms with Gasteiger partial charge in [-0.25, -0.2) is 4.39 Å². The van der Waals surface area contributed by atoms with Gasteiger partial charge in [0, 0.05) is 11.6 Å². The number of halogens is 1. The number of rotatable bonds is 4. The zero-order valence-electron chi connectivity index (χ0n) is 11.4. The number of hydrogen-bond acceptors (Lipinski definition) is 2. The Bertz CT molecular complexity index is 554. The molecule has 0 amide bonds. The predicted molar refractivity (Wildman–Crippen MR) is 75.1 cm³/mol. The van der Waals surface area contributed by atoms with E-state index in [2.05, 4.69) is 5.32 Å². The van der Waals surface area contributed by atoms with E-state index in [1.165, 1.54) is 6.07 Å². The molecule has 1 unspecified atom stereocenters. The molecule has 0 radical (unpaired) electrons. The Balaban J connectivity index is 2.40. The van der Waals surface area contributed by atoms with Crippen molar-refractivity contribution in [1.29, 1.82) is 0 Å². The summed E-state index contributed by atoms with van der Waals surface area (Å²) in [6.45, 7) is 3.71. The van der Waals surface area contributed by atoms with Gasteiger partial charge in [-0.05, 0) is 50.7 Å². The lowest BCUT2D eigenvalue weighted by Crippen LogP contribution is -2.13. The highest BCUT2D eigenvalue weighted by molar-refractivity contribution is 5.42. The van der Waals surface area contributed by atoms with Crippen molar-refractivity contribution in [2.75, 3.05) is 7.05 Å². The molecular formula is C16H18FNO. The van der Waals surface area contributed by atoms with Gasteiger partial charge in [0.2, 0.25) is 0 Å². The van der Waals surface area contributed by atoms with Gasteiger partial charge in [-0.15, -0.1) is 0 Å². The summed E-state index contributed by atoms with van der Waals surface area (Å²) in [6, 6.07) is 12.8. The van der Waals surface area contributed by atoms with E-state index in [1.54, 1.807) is 13.0 Å². The molecule has 0 aliphatic heterocycles. The second-order valence-corrected chi connectivity index (χ2v) is 4.56. The molecule has 1 atom stereocenters. The summed E-state index contributed by atoms with van der Waals surface area (Å²) in [5.74, 6) is 1.22. The van der Waals surface area contributed by atoms with E-state index >= 15 is 0 Å². The standard InChI is InChI=1S/C16H18FNO/c1-11-9-16(19-13-7-5-4-6-8-13)14(10-15(11)17)12(2)18-3/h4-10,12,18H,1-3H3. The third kappa shape index (κ3) is 3.12. The van der Waals surface area contributed by atoms with Crippen LogP contribution in [0.4, 0.5) is 4.39 Å². The van der Waals surface area contributed by atoms with Crippen LogP contribution in [0.15, 0.2) is 42.5 Å². The lowest BCUT2D eigenvalue weighted by atomic mass is 10.0. The van der Waals surface area contributed by atoms with E-state index in [-0.39, 0.29) is 11.9 Å². The minimum atomic E-state index is -0.211. The predicted octanol–water partition coefficient (Wildman–Crippen LogP) is 4.21. The summed E-state index contributed by atoms with van der Waals surface area (Å²) in [5, 5.41) is 3.11. The molecule has 0 aromatic heterocycles. The van der Waals surface area contributed by atoms with Crippen LogP contribution >= 0.6 is 0 Å². The molecule has 0 saturated carbocycles. The van der Waals surface area contributed by atoms with Crippen LogP contribution in [0.25, 0.3) is 0 Å². The molecule has 2 aromatic rings. The Morgan fingerprint density at radius 3 is 2.47 bits per heavy atom. The fourth-order valence-corrected chi connectivity index (χ4v) is 1.87. The van der Waals surface area contributed by atoms with Gasteiger partial charge in [0.05, 0.1) is 0 Å². The summed E-state index contributed by atoms with van der Waals surface area (Å²) in [6.07, 6.45) is 0. The Labute approximate surface area is 113 Å². The Hall–Kier alpha value is -1.87. The van der Waals surface area contributed by atoms with Crippen molar-refractivity contribution >= 4 is 0 Å². The minimum Gasteiger partial charge on any atom is -0.457 e. The van der Waals surface area contributed by atoms with Gasteiger partial charge >= 0.3 is 0 Å². The molecule has 0 heterocycles. The Morgan fingerprint density at radius 1 is 1.16 bits per heavy atom. The quantitative estimate of drug-likeness (QED) is 0.888. The van der Waals surface area contributed by atoms with Gasteiger partial charge in [0.15, 0.2) is 0 Å². The van der Waals surface area contributed by atoms with Crippen molar-refractivity contribution in [2.24, 2.45) is 0 Å². The van der Waals surface area contributed by atoms with E-state index in [4.69, 9.17) is 4.74 Å². The molecule has 1 N–H and O–H groups in total. The van der Waals surface area contributed by atoms with Gasteiger partial charge in [-0.1, -0.05) is 18.2 Å². The first kappa shape index (κ1) is 13.6. The molecule has 100 valence electrons. The number of aryl methyl sites for hydroxylation is 1. The topological polar surface area (TPSA) is 21.3 Å². The highest BCUT2D eigenvalue weighted by Crippen LogP contribution is 2.31. The van der Waals surface area contributed by atoms with Crippen molar-refractivity contribution < 1.29 is 9.13 Å². The van der Waals surface area contributed by atoms with Crippen LogP contribution in [0.3, 0.4) is 0 Å². The highest BCUT2D eigenvalue weighted by atomic mass is 19.1. The van der Waals surface area contributed by atoms with E-state index in [0.29, 0.717) is 11.3 Å². The second kappa shape index (κ2) is 5.85. The maximum absolute atomic E-state index is 13.7. The van der Waals surface area contributed by atoms with Gasteiger partial charge < -0.3 is 10.1 Å². The van der Waals surface area contributed by atoms with Crippen molar-refractivity contribution in [1.82, 2.24) is 5.32 Å². The minimum absolute atomic E-state index is 0.0220. The summed E-state index contributed by atoms with van der Waals surface area (Å²) in [4.78, 5) is 0. The second-order valence-electron chi connectivity index (χ2n) is 4.56. The van der Waals surface area contributed by atoms with E-state index in [0.717, 1.165) is 11.3 Å². The summed E-state index contributed by atoms with van der Waals surface area (Å²) in [7, 11) is 1.84. The largest absolute Gasteiger partial charge is 0.457 e. The molecule has 2 rings (SSSR count). The summed E-state index contributed by atoms with van der Waals surface area (Å²) >= 11 is 0. The molecule has 2 nitrogen and oxygen atoms in total.